The second kappa shape index (κ2) is 7.20. The fourth-order valence-electron chi connectivity index (χ4n) is 5.27. The molecule has 0 aromatic rings. The Kier molecular flexibility index (Phi) is 5.51. The van der Waals surface area contributed by atoms with Crippen LogP contribution in [0.5, 0.6) is 0 Å². The van der Waals surface area contributed by atoms with Gasteiger partial charge in [-0.25, -0.2) is 0 Å². The van der Waals surface area contributed by atoms with E-state index in [1.54, 1.807) is 11.8 Å². The molecule has 2 unspecified atom stereocenters. The average Bonchev–Trinajstić information content (AvgIpc) is 3.13. The smallest absolute Gasteiger partial charge is 0.244 e. The highest BCUT2D eigenvalue weighted by molar-refractivity contribution is 8.02. The number of rotatable bonds is 6. The van der Waals surface area contributed by atoms with Crippen molar-refractivity contribution in [1.29, 1.82) is 0 Å². The first kappa shape index (κ1) is 21.4. The van der Waals surface area contributed by atoms with Crippen molar-refractivity contribution in [3.8, 4) is 0 Å². The van der Waals surface area contributed by atoms with E-state index in [1.807, 2.05) is 27.7 Å². The van der Waals surface area contributed by atoms with E-state index in [0.29, 0.717) is 6.54 Å². The van der Waals surface area contributed by atoms with E-state index in [-0.39, 0.29) is 35.6 Å². The molecule has 0 aromatic heterocycles. The van der Waals surface area contributed by atoms with Crippen molar-refractivity contribution >= 4 is 29.5 Å². The molecule has 3 aliphatic rings. The highest BCUT2D eigenvalue weighted by atomic mass is 32.2. The predicted molar refractivity (Wildman–Crippen MR) is 109 cm³/mol. The highest BCUT2D eigenvalue weighted by Gasteiger charge is 2.77. The number of β-amino-alcohol motifs (C(OH)–C–C–N with tert-alkyl or cyclic N) is 1. The molecule has 3 fully saturated rings. The van der Waals surface area contributed by atoms with Crippen LogP contribution in [-0.4, -0.2) is 68.5 Å². The number of likely N-dealkylation sites (tertiary alicyclic amines) is 1. The van der Waals surface area contributed by atoms with E-state index >= 15 is 0 Å². The van der Waals surface area contributed by atoms with Gasteiger partial charge in [-0.2, -0.15) is 0 Å². The van der Waals surface area contributed by atoms with Crippen LogP contribution in [0.1, 0.15) is 53.9 Å². The number of carbonyl (C=O) groups excluding carboxylic acids is 3. The van der Waals surface area contributed by atoms with Crippen LogP contribution in [-0.2, 0) is 14.4 Å². The molecule has 3 N–H and O–H groups in total. The number of aliphatic hydroxyl groups is 1. The van der Waals surface area contributed by atoms with Gasteiger partial charge in [0, 0.05) is 23.4 Å². The minimum Gasteiger partial charge on any atom is -0.395 e. The first-order chi connectivity index (χ1) is 13.0. The lowest BCUT2D eigenvalue weighted by Gasteiger charge is -2.36. The maximum Gasteiger partial charge on any atom is 0.244 e. The van der Waals surface area contributed by atoms with Crippen LogP contribution in [0.2, 0.25) is 0 Å². The number of aliphatic hydroxyl groups excluding tert-OH is 1. The summed E-state index contributed by atoms with van der Waals surface area (Å²) in [5.41, 5.74) is -0.428. The molecule has 3 saturated heterocycles. The summed E-state index contributed by atoms with van der Waals surface area (Å²) in [6, 6.07) is -0.660. The largest absolute Gasteiger partial charge is 0.395 e. The van der Waals surface area contributed by atoms with Crippen molar-refractivity contribution in [3.05, 3.63) is 0 Å². The first-order valence-electron chi connectivity index (χ1n) is 10.2. The average molecular weight is 412 g/mol. The van der Waals surface area contributed by atoms with Crippen LogP contribution in [0.4, 0.5) is 0 Å². The number of thioether (sulfide) groups is 1. The van der Waals surface area contributed by atoms with E-state index < -0.39 is 28.2 Å². The van der Waals surface area contributed by atoms with E-state index in [9.17, 15) is 19.5 Å². The third-order valence-corrected chi connectivity index (χ3v) is 8.18. The Hall–Kier alpha value is -1.28. The molecule has 3 aliphatic heterocycles. The third-order valence-electron chi connectivity index (χ3n) is 6.20. The Balaban J connectivity index is 2.00. The molecule has 5 atom stereocenters. The molecular weight excluding hydrogens is 378 g/mol. The molecule has 2 bridgehead atoms. The van der Waals surface area contributed by atoms with Gasteiger partial charge in [0.15, 0.2) is 0 Å². The monoisotopic (exact) mass is 411 g/mol. The Morgan fingerprint density at radius 2 is 1.96 bits per heavy atom. The fourth-order valence-corrected chi connectivity index (χ4v) is 7.63. The zero-order valence-corrected chi connectivity index (χ0v) is 18.3. The van der Waals surface area contributed by atoms with E-state index in [4.69, 9.17) is 0 Å². The van der Waals surface area contributed by atoms with Gasteiger partial charge in [-0.3, -0.25) is 14.4 Å². The summed E-state index contributed by atoms with van der Waals surface area (Å²) < 4.78 is -0.950. The highest BCUT2D eigenvalue weighted by Crippen LogP contribution is 2.71. The minimum atomic E-state index is -0.660. The molecule has 0 aromatic carbocycles. The molecule has 28 heavy (non-hydrogen) atoms. The summed E-state index contributed by atoms with van der Waals surface area (Å²) in [6.07, 6.45) is 2.36. The maximum atomic E-state index is 13.4. The van der Waals surface area contributed by atoms with Gasteiger partial charge in [-0.1, -0.05) is 6.92 Å². The molecule has 7 nitrogen and oxygen atoms in total. The molecular formula is C20H33N3O4S. The quantitative estimate of drug-likeness (QED) is 0.603. The normalized spacial score (nSPS) is 36.6. The molecule has 0 radical (unpaired) electrons. The van der Waals surface area contributed by atoms with E-state index in [0.717, 1.165) is 19.3 Å². The molecule has 0 saturated carbocycles. The standard InChI is InChI=1S/C20H33N3O4S/c1-6-9-21-15(25)12-13-17(27)23(10-11-24)14(16(26)22-18(2,3)4)20(13)8-7-19(12,5)28-20/h12-14,24H,6-11H2,1-5H3,(H,21,25)(H,22,26)/t12-,13-,14?,19+,20?/m0/s1. The maximum absolute atomic E-state index is 13.4. The van der Waals surface area contributed by atoms with Crippen molar-refractivity contribution in [2.24, 2.45) is 11.8 Å². The van der Waals surface area contributed by atoms with Crippen molar-refractivity contribution in [3.63, 3.8) is 0 Å². The van der Waals surface area contributed by atoms with Gasteiger partial charge in [-0.15, -0.1) is 11.8 Å². The van der Waals surface area contributed by atoms with Crippen LogP contribution in [0.15, 0.2) is 0 Å². The topological polar surface area (TPSA) is 98.7 Å². The number of hydrogen-bond acceptors (Lipinski definition) is 5. The van der Waals surface area contributed by atoms with Gasteiger partial charge < -0.3 is 20.6 Å². The van der Waals surface area contributed by atoms with Crippen LogP contribution in [0, 0.1) is 11.8 Å². The zero-order chi connectivity index (χ0) is 20.9. The molecule has 158 valence electrons. The van der Waals surface area contributed by atoms with Gasteiger partial charge >= 0.3 is 0 Å². The number of nitrogens with one attached hydrogen (secondary N) is 2. The summed E-state index contributed by atoms with van der Waals surface area (Å²) in [7, 11) is 0. The van der Waals surface area contributed by atoms with Gasteiger partial charge in [0.1, 0.15) is 6.04 Å². The van der Waals surface area contributed by atoms with E-state index in [1.165, 1.54) is 4.90 Å². The van der Waals surface area contributed by atoms with Gasteiger partial charge in [-0.05, 0) is 47.0 Å². The summed E-state index contributed by atoms with van der Waals surface area (Å²) in [5, 5.41) is 15.5. The number of hydrogen-bond donors (Lipinski definition) is 3. The van der Waals surface area contributed by atoms with Crippen molar-refractivity contribution in [2.75, 3.05) is 19.7 Å². The summed E-state index contributed by atoms with van der Waals surface area (Å²) in [6.45, 7) is 10.3. The Morgan fingerprint density at radius 1 is 1.29 bits per heavy atom. The van der Waals surface area contributed by atoms with Gasteiger partial charge in [0.2, 0.25) is 17.7 Å². The minimum absolute atomic E-state index is 0.0856. The molecule has 8 heteroatoms. The van der Waals surface area contributed by atoms with Crippen LogP contribution in [0.3, 0.4) is 0 Å². The number of nitrogens with zero attached hydrogens (tertiary/aromatic N) is 1. The second-order valence-electron chi connectivity index (χ2n) is 9.51. The lowest BCUT2D eigenvalue weighted by Crippen LogP contribution is -2.57. The number of amides is 3. The predicted octanol–water partition coefficient (Wildman–Crippen LogP) is 0.901. The lowest BCUT2D eigenvalue weighted by atomic mass is 9.66. The molecule has 3 rings (SSSR count). The third kappa shape index (κ3) is 3.22. The van der Waals surface area contributed by atoms with Crippen molar-refractivity contribution < 1.29 is 19.5 Å². The zero-order valence-electron chi connectivity index (χ0n) is 17.5. The molecule has 1 spiro atoms. The van der Waals surface area contributed by atoms with Crippen LogP contribution in [0.25, 0.3) is 0 Å². The molecule has 0 aliphatic carbocycles. The van der Waals surface area contributed by atoms with Gasteiger partial charge in [0.05, 0.1) is 23.2 Å². The second-order valence-corrected chi connectivity index (χ2v) is 11.4. The van der Waals surface area contributed by atoms with Crippen LogP contribution >= 0.6 is 11.8 Å². The lowest BCUT2D eigenvalue weighted by molar-refractivity contribution is -0.141. The Bertz CT molecular complexity index is 679. The Labute approximate surface area is 171 Å². The number of fused-ring (bicyclic) bond motifs is 1. The van der Waals surface area contributed by atoms with Crippen molar-refractivity contribution in [2.45, 2.75) is 75.0 Å². The summed E-state index contributed by atoms with van der Waals surface area (Å²) in [4.78, 5) is 41.2. The summed E-state index contributed by atoms with van der Waals surface area (Å²) in [5.74, 6) is -1.41. The fraction of sp³-hybridized carbons (Fsp3) is 0.850. The van der Waals surface area contributed by atoms with Gasteiger partial charge in [0.25, 0.3) is 0 Å². The molecule has 3 heterocycles. The van der Waals surface area contributed by atoms with E-state index in [2.05, 4.69) is 17.6 Å². The number of carbonyl (C=O) groups is 3. The molecule has 3 amide bonds. The SMILES string of the molecule is CCCNC(=O)[C@@H]1[C@H]2C(=O)N(CCO)C(C(=O)NC(C)(C)C)C23CC[C@@]1(C)S3. The van der Waals surface area contributed by atoms with Crippen LogP contribution < -0.4 is 10.6 Å². The first-order valence-corrected chi connectivity index (χ1v) is 11.0. The van der Waals surface area contributed by atoms with Crippen molar-refractivity contribution in [1.82, 2.24) is 15.5 Å². The summed E-state index contributed by atoms with van der Waals surface area (Å²) >= 11 is 1.65. The Morgan fingerprint density at radius 3 is 2.54 bits per heavy atom.